The molecule has 0 aliphatic carbocycles. The van der Waals surface area contributed by atoms with Gasteiger partial charge in [-0.15, -0.1) is 0 Å². The second-order valence-corrected chi connectivity index (χ2v) is 4.52. The molecule has 0 spiro atoms. The van der Waals surface area contributed by atoms with Gasteiger partial charge in [0.25, 0.3) is 0 Å². The molecule has 0 aromatic heterocycles. The van der Waals surface area contributed by atoms with Crippen LogP contribution in [0.4, 0.5) is 11.4 Å². The monoisotopic (exact) mass is 182 g/mol. The molecule has 0 bridgehead atoms. The van der Waals surface area contributed by atoms with Crippen LogP contribution in [-0.2, 0) is 4.75 Å². The number of rotatable bonds is 1. The highest BCUT2D eigenvalue weighted by Gasteiger charge is 2.14. The minimum Gasteiger partial charge on any atom is -0.397 e. The van der Waals surface area contributed by atoms with Gasteiger partial charge in [0.15, 0.2) is 0 Å². The second-order valence-electron chi connectivity index (χ2n) is 3.40. The summed E-state index contributed by atoms with van der Waals surface area (Å²) in [5.41, 5.74) is 13.6. The summed E-state index contributed by atoms with van der Waals surface area (Å²) in [6, 6.07) is 5.61. The Balaban J connectivity index is 3.14. The maximum atomic E-state index is 5.66. The van der Waals surface area contributed by atoms with Gasteiger partial charge in [0.2, 0.25) is 0 Å². The Labute approximate surface area is 78.4 Å². The summed E-state index contributed by atoms with van der Waals surface area (Å²) in [6.45, 7) is 4.03. The first kappa shape index (κ1) is 9.26. The van der Waals surface area contributed by atoms with Crippen LogP contribution in [0, 0.1) is 0 Å². The predicted molar refractivity (Wildman–Crippen MR) is 57.3 cm³/mol. The lowest BCUT2D eigenvalue weighted by molar-refractivity contribution is 0.792. The first-order valence-corrected chi connectivity index (χ1v) is 4.24. The van der Waals surface area contributed by atoms with Gasteiger partial charge in [-0.2, -0.15) is 12.6 Å². The number of thiol groups is 1. The zero-order chi connectivity index (χ0) is 9.35. The van der Waals surface area contributed by atoms with Crippen LogP contribution in [0.3, 0.4) is 0 Å². The zero-order valence-electron chi connectivity index (χ0n) is 7.33. The molecule has 0 fully saturated rings. The lowest BCUT2D eigenvalue weighted by Gasteiger charge is -2.18. The summed E-state index contributed by atoms with van der Waals surface area (Å²) >= 11 is 4.43. The molecular weight excluding hydrogens is 168 g/mol. The fourth-order valence-corrected chi connectivity index (χ4v) is 1.09. The smallest absolute Gasteiger partial charge is 0.0551 e. The van der Waals surface area contributed by atoms with Crippen LogP contribution in [0.25, 0.3) is 0 Å². The molecule has 12 heavy (non-hydrogen) atoms. The maximum Gasteiger partial charge on any atom is 0.0551 e. The molecular formula is C9H14N2S. The molecule has 0 heterocycles. The molecule has 1 aromatic carbocycles. The molecule has 3 heteroatoms. The third-order valence-electron chi connectivity index (χ3n) is 1.79. The van der Waals surface area contributed by atoms with Crippen molar-refractivity contribution in [1.82, 2.24) is 0 Å². The van der Waals surface area contributed by atoms with Crippen LogP contribution >= 0.6 is 12.6 Å². The molecule has 66 valence electrons. The van der Waals surface area contributed by atoms with Crippen LogP contribution in [0.15, 0.2) is 18.2 Å². The summed E-state index contributed by atoms with van der Waals surface area (Å²) in [4.78, 5) is 0. The van der Waals surface area contributed by atoms with Gasteiger partial charge in [-0.1, -0.05) is 6.07 Å². The van der Waals surface area contributed by atoms with E-state index >= 15 is 0 Å². The van der Waals surface area contributed by atoms with Crippen molar-refractivity contribution in [3.05, 3.63) is 23.8 Å². The van der Waals surface area contributed by atoms with Gasteiger partial charge in [-0.3, -0.25) is 0 Å². The van der Waals surface area contributed by atoms with E-state index in [4.69, 9.17) is 11.5 Å². The third kappa shape index (κ3) is 1.85. The summed E-state index contributed by atoms with van der Waals surface area (Å²) in [7, 11) is 0. The average molecular weight is 182 g/mol. The van der Waals surface area contributed by atoms with Crippen LogP contribution < -0.4 is 11.5 Å². The summed E-state index contributed by atoms with van der Waals surface area (Å²) in [6.07, 6.45) is 0. The largest absolute Gasteiger partial charge is 0.397 e. The van der Waals surface area contributed by atoms with Crippen molar-refractivity contribution in [2.24, 2.45) is 0 Å². The standard InChI is InChI=1S/C9H14N2S/c1-9(2,12)6-3-4-7(10)8(11)5-6/h3-5,12H,10-11H2,1-2H3. The van der Waals surface area contributed by atoms with E-state index in [9.17, 15) is 0 Å². The minimum atomic E-state index is -0.165. The second kappa shape index (κ2) is 2.90. The van der Waals surface area contributed by atoms with Crippen molar-refractivity contribution in [1.29, 1.82) is 0 Å². The highest BCUT2D eigenvalue weighted by atomic mass is 32.1. The first-order valence-electron chi connectivity index (χ1n) is 3.79. The van der Waals surface area contributed by atoms with E-state index in [2.05, 4.69) is 12.6 Å². The van der Waals surface area contributed by atoms with Crippen molar-refractivity contribution >= 4 is 24.0 Å². The van der Waals surface area contributed by atoms with Crippen LogP contribution in [0.5, 0.6) is 0 Å². The van der Waals surface area contributed by atoms with Crippen LogP contribution in [0.1, 0.15) is 19.4 Å². The quantitative estimate of drug-likeness (QED) is 0.459. The Bertz CT molecular complexity index is 289. The van der Waals surface area contributed by atoms with E-state index in [0.29, 0.717) is 11.4 Å². The van der Waals surface area contributed by atoms with Gasteiger partial charge < -0.3 is 11.5 Å². The molecule has 4 N–H and O–H groups in total. The lowest BCUT2D eigenvalue weighted by atomic mass is 10.0. The molecule has 2 nitrogen and oxygen atoms in total. The topological polar surface area (TPSA) is 52.0 Å². The van der Waals surface area contributed by atoms with Crippen molar-refractivity contribution in [3.63, 3.8) is 0 Å². The molecule has 1 aromatic rings. The normalized spacial score (nSPS) is 11.6. The average Bonchev–Trinajstić information content (AvgIpc) is 1.92. The maximum absolute atomic E-state index is 5.66. The van der Waals surface area contributed by atoms with Gasteiger partial charge in [-0.25, -0.2) is 0 Å². The van der Waals surface area contributed by atoms with Gasteiger partial charge in [0.05, 0.1) is 11.4 Å². The molecule has 1 rings (SSSR count). The van der Waals surface area contributed by atoms with E-state index in [-0.39, 0.29) is 4.75 Å². The summed E-state index contributed by atoms with van der Waals surface area (Å²) in [5.74, 6) is 0. The fraction of sp³-hybridized carbons (Fsp3) is 0.333. The molecule has 0 radical (unpaired) electrons. The number of nitrogen functional groups attached to an aromatic ring is 2. The highest BCUT2D eigenvalue weighted by Crippen LogP contribution is 2.29. The summed E-state index contributed by atoms with van der Waals surface area (Å²) < 4.78 is -0.165. The fourth-order valence-electron chi connectivity index (χ4n) is 0.955. The van der Waals surface area contributed by atoms with E-state index in [0.717, 1.165) is 5.56 Å². The zero-order valence-corrected chi connectivity index (χ0v) is 8.23. The molecule has 0 saturated heterocycles. The molecule has 0 unspecified atom stereocenters. The Morgan fingerprint density at radius 1 is 1.17 bits per heavy atom. The van der Waals surface area contributed by atoms with Gasteiger partial charge in [0, 0.05) is 4.75 Å². The predicted octanol–water partition coefficient (Wildman–Crippen LogP) is 2.02. The highest BCUT2D eigenvalue weighted by molar-refractivity contribution is 7.81. The Kier molecular flexibility index (Phi) is 2.24. The number of hydrogen-bond donors (Lipinski definition) is 3. The molecule has 0 aliphatic heterocycles. The Morgan fingerprint density at radius 3 is 2.17 bits per heavy atom. The number of nitrogens with two attached hydrogens (primary N) is 2. The Morgan fingerprint density at radius 2 is 1.75 bits per heavy atom. The van der Waals surface area contributed by atoms with E-state index in [1.54, 1.807) is 0 Å². The number of benzene rings is 1. The van der Waals surface area contributed by atoms with Crippen LogP contribution in [-0.4, -0.2) is 0 Å². The number of hydrogen-bond acceptors (Lipinski definition) is 3. The first-order chi connectivity index (χ1) is 5.41. The van der Waals surface area contributed by atoms with Gasteiger partial charge in [0.1, 0.15) is 0 Å². The SMILES string of the molecule is CC(C)(S)c1ccc(N)c(N)c1. The minimum absolute atomic E-state index is 0.165. The van der Waals surface area contributed by atoms with E-state index in [1.807, 2.05) is 32.0 Å². The molecule has 0 aliphatic rings. The number of anilines is 2. The van der Waals surface area contributed by atoms with Gasteiger partial charge >= 0.3 is 0 Å². The molecule has 0 saturated carbocycles. The molecule has 0 atom stereocenters. The molecule has 0 amide bonds. The van der Waals surface area contributed by atoms with E-state index < -0.39 is 0 Å². The van der Waals surface area contributed by atoms with Crippen molar-refractivity contribution in [3.8, 4) is 0 Å². The Hall–Kier alpha value is -0.830. The van der Waals surface area contributed by atoms with Crippen molar-refractivity contribution in [2.45, 2.75) is 18.6 Å². The van der Waals surface area contributed by atoms with Gasteiger partial charge in [-0.05, 0) is 31.5 Å². The summed E-state index contributed by atoms with van der Waals surface area (Å²) in [5, 5.41) is 0. The lowest BCUT2D eigenvalue weighted by Crippen LogP contribution is -2.08. The third-order valence-corrected chi connectivity index (χ3v) is 2.05. The van der Waals surface area contributed by atoms with Crippen molar-refractivity contribution in [2.75, 3.05) is 11.5 Å². The van der Waals surface area contributed by atoms with Crippen molar-refractivity contribution < 1.29 is 0 Å². The van der Waals surface area contributed by atoms with E-state index in [1.165, 1.54) is 0 Å². The van der Waals surface area contributed by atoms with Crippen LogP contribution in [0.2, 0.25) is 0 Å².